The number of nitrogens with two attached hydrogens (primary N) is 1. The minimum atomic E-state index is -0.312. The number of hydrogen-bond acceptors (Lipinski definition) is 3. The van der Waals surface area contributed by atoms with E-state index in [1.807, 2.05) is 6.92 Å². The minimum Gasteiger partial charge on any atom is -0.399 e. The van der Waals surface area contributed by atoms with Crippen molar-refractivity contribution in [2.75, 3.05) is 11.1 Å². The van der Waals surface area contributed by atoms with Crippen LogP contribution in [-0.2, 0) is 9.53 Å². The second-order valence-corrected chi connectivity index (χ2v) is 4.12. The van der Waals surface area contributed by atoms with Crippen molar-refractivity contribution in [3.63, 3.8) is 0 Å². The van der Waals surface area contributed by atoms with Gasteiger partial charge in [0.2, 0.25) is 0 Å². The highest BCUT2D eigenvalue weighted by molar-refractivity contribution is 5.94. The monoisotopic (exact) mass is 220 g/mol. The van der Waals surface area contributed by atoms with Crippen molar-refractivity contribution in [2.24, 2.45) is 0 Å². The molecule has 1 aromatic rings. The van der Waals surface area contributed by atoms with Crippen LogP contribution in [0.1, 0.15) is 19.8 Å². The van der Waals surface area contributed by atoms with E-state index >= 15 is 0 Å². The quantitative estimate of drug-likeness (QED) is 0.747. The van der Waals surface area contributed by atoms with Crippen molar-refractivity contribution in [2.45, 2.75) is 32.0 Å². The van der Waals surface area contributed by atoms with Crippen LogP contribution in [0.25, 0.3) is 0 Å². The number of nitrogen functional groups attached to an aromatic ring is 1. The summed E-state index contributed by atoms with van der Waals surface area (Å²) in [6.07, 6.45) is 1.61. The highest BCUT2D eigenvalue weighted by Crippen LogP contribution is 2.20. The molecule has 1 amide bonds. The van der Waals surface area contributed by atoms with Crippen LogP contribution in [0, 0.1) is 0 Å². The Balaban J connectivity index is 1.94. The van der Waals surface area contributed by atoms with Crippen LogP contribution in [0.5, 0.6) is 0 Å². The summed E-state index contributed by atoms with van der Waals surface area (Å²) in [6, 6.07) is 7.08. The van der Waals surface area contributed by atoms with Crippen molar-refractivity contribution in [3.05, 3.63) is 24.3 Å². The van der Waals surface area contributed by atoms with E-state index in [1.54, 1.807) is 24.3 Å². The highest BCUT2D eigenvalue weighted by Gasteiger charge is 2.27. The number of carbonyl (C=O) groups is 1. The predicted octanol–water partition coefficient (Wildman–Crippen LogP) is 1.77. The molecule has 0 radical (unpaired) electrons. The molecule has 16 heavy (non-hydrogen) atoms. The van der Waals surface area contributed by atoms with E-state index in [4.69, 9.17) is 10.5 Å². The number of ether oxygens (including phenoxy) is 1. The second-order valence-electron chi connectivity index (χ2n) is 4.12. The predicted molar refractivity (Wildman–Crippen MR) is 63.1 cm³/mol. The molecule has 0 saturated carbocycles. The Morgan fingerprint density at radius 3 is 2.62 bits per heavy atom. The number of anilines is 2. The maximum atomic E-state index is 11.8. The van der Waals surface area contributed by atoms with E-state index in [-0.39, 0.29) is 18.1 Å². The molecule has 1 heterocycles. The van der Waals surface area contributed by atoms with Gasteiger partial charge in [-0.25, -0.2) is 0 Å². The fourth-order valence-corrected chi connectivity index (χ4v) is 1.78. The van der Waals surface area contributed by atoms with Crippen molar-refractivity contribution in [3.8, 4) is 0 Å². The van der Waals surface area contributed by atoms with E-state index < -0.39 is 0 Å². The molecule has 4 heteroatoms. The smallest absolute Gasteiger partial charge is 0.253 e. The lowest BCUT2D eigenvalue weighted by Gasteiger charge is -2.11. The van der Waals surface area contributed by atoms with Gasteiger partial charge in [0.05, 0.1) is 6.10 Å². The molecular weight excluding hydrogens is 204 g/mol. The van der Waals surface area contributed by atoms with Gasteiger partial charge in [-0.05, 0) is 44.0 Å². The first-order valence-corrected chi connectivity index (χ1v) is 5.47. The third-order valence-electron chi connectivity index (χ3n) is 2.70. The van der Waals surface area contributed by atoms with Crippen molar-refractivity contribution in [1.82, 2.24) is 0 Å². The maximum absolute atomic E-state index is 11.8. The molecule has 2 rings (SSSR count). The zero-order valence-electron chi connectivity index (χ0n) is 9.27. The molecule has 4 nitrogen and oxygen atoms in total. The Hall–Kier alpha value is -1.55. The maximum Gasteiger partial charge on any atom is 0.253 e. The molecule has 1 saturated heterocycles. The van der Waals surface area contributed by atoms with Gasteiger partial charge in [0.25, 0.3) is 5.91 Å². The molecule has 86 valence electrons. The topological polar surface area (TPSA) is 64.4 Å². The molecule has 2 atom stereocenters. The Bertz CT molecular complexity index is 375. The zero-order valence-corrected chi connectivity index (χ0v) is 9.27. The van der Waals surface area contributed by atoms with Crippen LogP contribution >= 0.6 is 0 Å². The average molecular weight is 220 g/mol. The standard InChI is InChI=1S/C12H16N2O2/c1-8-2-7-11(16-8)12(15)14-10-5-3-9(13)4-6-10/h3-6,8,11H,2,7,13H2,1H3,(H,14,15). The van der Waals surface area contributed by atoms with E-state index in [0.717, 1.165) is 18.5 Å². The van der Waals surface area contributed by atoms with Crippen LogP contribution in [0.4, 0.5) is 11.4 Å². The third kappa shape index (κ3) is 2.52. The van der Waals surface area contributed by atoms with Crippen LogP contribution in [0.2, 0.25) is 0 Å². The molecule has 0 bridgehead atoms. The van der Waals surface area contributed by atoms with Crippen LogP contribution < -0.4 is 11.1 Å². The van der Waals surface area contributed by atoms with E-state index in [1.165, 1.54) is 0 Å². The van der Waals surface area contributed by atoms with Crippen LogP contribution in [-0.4, -0.2) is 18.1 Å². The lowest BCUT2D eigenvalue weighted by Crippen LogP contribution is -2.27. The summed E-state index contributed by atoms with van der Waals surface area (Å²) < 4.78 is 5.48. The molecule has 0 aromatic heterocycles. The summed E-state index contributed by atoms with van der Waals surface area (Å²) in [6.45, 7) is 1.98. The number of nitrogens with one attached hydrogen (secondary N) is 1. The number of carbonyl (C=O) groups excluding carboxylic acids is 1. The first kappa shape index (κ1) is 11.0. The largest absolute Gasteiger partial charge is 0.399 e. The molecule has 1 aromatic carbocycles. The lowest BCUT2D eigenvalue weighted by molar-refractivity contribution is -0.126. The van der Waals surface area contributed by atoms with Gasteiger partial charge in [-0.1, -0.05) is 0 Å². The normalized spacial score (nSPS) is 24.3. The Morgan fingerprint density at radius 1 is 1.38 bits per heavy atom. The fourth-order valence-electron chi connectivity index (χ4n) is 1.78. The molecular formula is C12H16N2O2. The van der Waals surface area contributed by atoms with Gasteiger partial charge in [0, 0.05) is 11.4 Å². The van der Waals surface area contributed by atoms with Gasteiger partial charge in [0.1, 0.15) is 6.10 Å². The van der Waals surface area contributed by atoms with Gasteiger partial charge in [-0.3, -0.25) is 4.79 Å². The summed E-state index contributed by atoms with van der Waals surface area (Å²) in [5, 5.41) is 2.81. The van der Waals surface area contributed by atoms with Crippen molar-refractivity contribution >= 4 is 17.3 Å². The highest BCUT2D eigenvalue weighted by atomic mass is 16.5. The molecule has 3 N–H and O–H groups in total. The lowest BCUT2D eigenvalue weighted by atomic mass is 10.2. The molecule has 1 aliphatic heterocycles. The first-order chi connectivity index (χ1) is 7.65. The van der Waals surface area contributed by atoms with E-state index in [9.17, 15) is 4.79 Å². The molecule has 1 aliphatic rings. The molecule has 2 unspecified atom stereocenters. The molecule has 0 aliphatic carbocycles. The summed E-state index contributed by atoms with van der Waals surface area (Å²) in [5.41, 5.74) is 7.00. The zero-order chi connectivity index (χ0) is 11.5. The molecule has 0 spiro atoms. The van der Waals surface area contributed by atoms with Crippen LogP contribution in [0.3, 0.4) is 0 Å². The van der Waals surface area contributed by atoms with Crippen LogP contribution in [0.15, 0.2) is 24.3 Å². The Labute approximate surface area is 94.8 Å². The fraction of sp³-hybridized carbons (Fsp3) is 0.417. The number of hydrogen-bond donors (Lipinski definition) is 2. The third-order valence-corrected chi connectivity index (χ3v) is 2.70. The van der Waals surface area contributed by atoms with E-state index in [2.05, 4.69) is 5.32 Å². The minimum absolute atomic E-state index is 0.0749. The van der Waals surface area contributed by atoms with Gasteiger partial charge < -0.3 is 15.8 Å². The molecule has 1 fully saturated rings. The van der Waals surface area contributed by atoms with Crippen molar-refractivity contribution in [1.29, 1.82) is 0 Å². The van der Waals surface area contributed by atoms with Gasteiger partial charge in [-0.2, -0.15) is 0 Å². The van der Waals surface area contributed by atoms with Gasteiger partial charge in [-0.15, -0.1) is 0 Å². The van der Waals surface area contributed by atoms with Gasteiger partial charge in [0.15, 0.2) is 0 Å². The second kappa shape index (κ2) is 4.53. The Kier molecular flexibility index (Phi) is 3.10. The van der Waals surface area contributed by atoms with E-state index in [0.29, 0.717) is 5.69 Å². The summed E-state index contributed by atoms with van der Waals surface area (Å²) in [4.78, 5) is 11.8. The van der Waals surface area contributed by atoms with Crippen molar-refractivity contribution < 1.29 is 9.53 Å². The first-order valence-electron chi connectivity index (χ1n) is 5.47. The number of rotatable bonds is 2. The average Bonchev–Trinajstić information content (AvgIpc) is 2.68. The number of benzene rings is 1. The number of amides is 1. The summed E-state index contributed by atoms with van der Waals surface area (Å²) >= 11 is 0. The van der Waals surface area contributed by atoms with Gasteiger partial charge >= 0.3 is 0 Å². The summed E-state index contributed by atoms with van der Waals surface area (Å²) in [7, 11) is 0. The summed E-state index contributed by atoms with van der Waals surface area (Å²) in [5.74, 6) is -0.0749. The Morgan fingerprint density at radius 2 is 2.06 bits per heavy atom. The SMILES string of the molecule is CC1CCC(C(=O)Nc2ccc(N)cc2)O1.